The van der Waals surface area contributed by atoms with Gasteiger partial charge in [0.25, 0.3) is 5.91 Å². The van der Waals surface area contributed by atoms with Gasteiger partial charge in [-0.15, -0.1) is 16.4 Å². The van der Waals surface area contributed by atoms with Gasteiger partial charge in [0.1, 0.15) is 6.33 Å². The molecule has 0 unspecified atom stereocenters. The van der Waals surface area contributed by atoms with Crippen molar-refractivity contribution in [3.63, 3.8) is 0 Å². The quantitative estimate of drug-likeness (QED) is 0.433. The highest BCUT2D eigenvalue weighted by Gasteiger charge is 2.27. The number of nitrogens with zero attached hydrogens (tertiary/aromatic N) is 5. The number of thiophene rings is 1. The molecule has 2 heterocycles. The molecular formula is C23H23N5OS. The second-order valence-electron chi connectivity index (χ2n) is 7.87. The summed E-state index contributed by atoms with van der Waals surface area (Å²) in [6, 6.07) is 16.5. The number of benzene rings is 2. The SMILES string of the molecule is CCCN(CC1CC1)C(=O)c1cc(-c2cc3ccccc3s2)cc(-n2cnnn2)c1. The highest BCUT2D eigenvalue weighted by Crippen LogP contribution is 2.35. The Kier molecular flexibility index (Phi) is 5.04. The van der Waals surface area contributed by atoms with Gasteiger partial charge in [0, 0.05) is 28.2 Å². The maximum atomic E-state index is 13.4. The van der Waals surface area contributed by atoms with Gasteiger partial charge in [0.2, 0.25) is 0 Å². The number of carbonyl (C=O) groups excluding carboxylic acids is 1. The zero-order valence-electron chi connectivity index (χ0n) is 16.9. The largest absolute Gasteiger partial charge is 0.338 e. The van der Waals surface area contributed by atoms with Crippen LogP contribution in [0, 0.1) is 5.92 Å². The number of tetrazole rings is 1. The number of fused-ring (bicyclic) bond motifs is 1. The lowest BCUT2D eigenvalue weighted by Crippen LogP contribution is -2.33. The van der Waals surface area contributed by atoms with Crippen LogP contribution in [-0.4, -0.2) is 44.1 Å². The molecule has 5 rings (SSSR count). The molecular weight excluding hydrogens is 394 g/mol. The normalized spacial score (nSPS) is 13.6. The van der Waals surface area contributed by atoms with E-state index in [0.29, 0.717) is 11.5 Å². The summed E-state index contributed by atoms with van der Waals surface area (Å²) in [5.74, 6) is 0.742. The first-order valence-electron chi connectivity index (χ1n) is 10.4. The summed E-state index contributed by atoms with van der Waals surface area (Å²) in [5, 5.41) is 12.8. The van der Waals surface area contributed by atoms with Crippen molar-refractivity contribution in [3.8, 4) is 16.1 Å². The van der Waals surface area contributed by atoms with Crippen LogP contribution in [-0.2, 0) is 0 Å². The molecule has 0 N–H and O–H groups in total. The smallest absolute Gasteiger partial charge is 0.253 e. The van der Waals surface area contributed by atoms with E-state index in [1.54, 1.807) is 22.3 Å². The van der Waals surface area contributed by atoms with Crippen molar-refractivity contribution in [2.45, 2.75) is 26.2 Å². The van der Waals surface area contributed by atoms with Crippen molar-refractivity contribution in [2.75, 3.05) is 13.1 Å². The van der Waals surface area contributed by atoms with Crippen molar-refractivity contribution >= 4 is 27.3 Å². The fourth-order valence-electron chi connectivity index (χ4n) is 3.75. The predicted octanol–water partition coefficient (Wildman–Crippen LogP) is 4.81. The van der Waals surface area contributed by atoms with Gasteiger partial charge in [-0.3, -0.25) is 4.79 Å². The van der Waals surface area contributed by atoms with E-state index in [1.165, 1.54) is 22.9 Å². The number of hydrogen-bond donors (Lipinski definition) is 0. The van der Waals surface area contributed by atoms with Crippen LogP contribution < -0.4 is 0 Å². The second-order valence-corrected chi connectivity index (χ2v) is 8.95. The summed E-state index contributed by atoms with van der Waals surface area (Å²) in [7, 11) is 0. The first kappa shape index (κ1) is 18.9. The summed E-state index contributed by atoms with van der Waals surface area (Å²) in [5.41, 5.74) is 2.49. The van der Waals surface area contributed by atoms with Gasteiger partial charge in [-0.2, -0.15) is 0 Å². The minimum absolute atomic E-state index is 0.0843. The maximum Gasteiger partial charge on any atom is 0.253 e. The molecule has 2 aromatic heterocycles. The van der Waals surface area contributed by atoms with Crippen LogP contribution in [0.25, 0.3) is 26.2 Å². The highest BCUT2D eigenvalue weighted by atomic mass is 32.1. The average Bonchev–Trinajstić information content (AvgIpc) is 3.25. The van der Waals surface area contributed by atoms with Gasteiger partial charge in [-0.05, 0) is 76.9 Å². The number of aromatic nitrogens is 4. The van der Waals surface area contributed by atoms with Crippen molar-refractivity contribution in [1.29, 1.82) is 0 Å². The predicted molar refractivity (Wildman–Crippen MR) is 119 cm³/mol. The Morgan fingerprint density at radius 1 is 1.20 bits per heavy atom. The van der Waals surface area contributed by atoms with Gasteiger partial charge in [0.15, 0.2) is 0 Å². The van der Waals surface area contributed by atoms with Crippen LogP contribution in [0.5, 0.6) is 0 Å². The zero-order chi connectivity index (χ0) is 20.5. The molecule has 0 atom stereocenters. The molecule has 152 valence electrons. The van der Waals surface area contributed by atoms with Crippen LogP contribution in [0.1, 0.15) is 36.5 Å². The van der Waals surface area contributed by atoms with Gasteiger partial charge in [-0.25, -0.2) is 4.68 Å². The molecule has 1 fully saturated rings. The van der Waals surface area contributed by atoms with E-state index < -0.39 is 0 Å². The monoisotopic (exact) mass is 417 g/mol. The van der Waals surface area contributed by atoms with Gasteiger partial charge in [-0.1, -0.05) is 25.1 Å². The Morgan fingerprint density at radius 3 is 2.80 bits per heavy atom. The van der Waals surface area contributed by atoms with E-state index in [4.69, 9.17) is 0 Å². The Bertz CT molecular complexity index is 1150. The van der Waals surface area contributed by atoms with E-state index in [0.717, 1.165) is 35.6 Å². The van der Waals surface area contributed by atoms with E-state index in [9.17, 15) is 4.79 Å². The van der Waals surface area contributed by atoms with Gasteiger partial charge in [0.05, 0.1) is 5.69 Å². The minimum atomic E-state index is 0.0843. The minimum Gasteiger partial charge on any atom is -0.338 e. The summed E-state index contributed by atoms with van der Waals surface area (Å²) in [6.07, 6.45) is 4.97. The topological polar surface area (TPSA) is 63.9 Å². The Labute approximate surface area is 179 Å². The summed E-state index contributed by atoms with van der Waals surface area (Å²) >= 11 is 1.73. The molecule has 4 aromatic rings. The number of hydrogen-bond acceptors (Lipinski definition) is 5. The van der Waals surface area contributed by atoms with E-state index in [-0.39, 0.29) is 5.91 Å². The molecule has 7 heteroatoms. The standard InChI is InChI=1S/C23H23N5OS/c1-2-9-27(14-16-7-8-16)23(29)19-10-18(11-20(12-19)28-15-24-25-26-28)22-13-17-5-3-4-6-21(17)30-22/h3-6,10-13,15-16H,2,7-9,14H2,1H3. The Morgan fingerprint density at radius 2 is 2.07 bits per heavy atom. The molecule has 0 radical (unpaired) electrons. The van der Waals surface area contributed by atoms with Crippen LogP contribution in [0.15, 0.2) is 54.9 Å². The third-order valence-electron chi connectivity index (χ3n) is 5.44. The molecule has 2 aromatic carbocycles. The average molecular weight is 418 g/mol. The molecule has 1 amide bonds. The second kappa shape index (κ2) is 7.99. The lowest BCUT2D eigenvalue weighted by atomic mass is 10.1. The number of carbonyl (C=O) groups is 1. The van der Waals surface area contributed by atoms with Crippen LogP contribution in [0.2, 0.25) is 0 Å². The van der Waals surface area contributed by atoms with Crippen molar-refractivity contribution in [2.24, 2.45) is 5.92 Å². The fourth-order valence-corrected chi connectivity index (χ4v) is 4.80. The zero-order valence-corrected chi connectivity index (χ0v) is 17.7. The highest BCUT2D eigenvalue weighted by molar-refractivity contribution is 7.22. The van der Waals surface area contributed by atoms with Crippen molar-refractivity contribution in [1.82, 2.24) is 25.1 Å². The van der Waals surface area contributed by atoms with E-state index in [1.807, 2.05) is 29.2 Å². The summed E-state index contributed by atoms with van der Waals surface area (Å²) in [6.45, 7) is 3.75. The third kappa shape index (κ3) is 3.85. The Balaban J connectivity index is 1.58. The third-order valence-corrected chi connectivity index (χ3v) is 6.61. The van der Waals surface area contributed by atoms with E-state index >= 15 is 0 Å². The summed E-state index contributed by atoms with van der Waals surface area (Å²) in [4.78, 5) is 16.6. The molecule has 6 nitrogen and oxygen atoms in total. The number of amides is 1. The van der Waals surface area contributed by atoms with Crippen molar-refractivity contribution in [3.05, 3.63) is 60.4 Å². The fraction of sp³-hybridized carbons (Fsp3) is 0.304. The lowest BCUT2D eigenvalue weighted by molar-refractivity contribution is 0.0747. The molecule has 0 bridgehead atoms. The maximum absolute atomic E-state index is 13.4. The summed E-state index contributed by atoms with van der Waals surface area (Å²) < 4.78 is 2.84. The Hall–Kier alpha value is -3.06. The van der Waals surface area contributed by atoms with Crippen LogP contribution >= 0.6 is 11.3 Å². The van der Waals surface area contributed by atoms with E-state index in [2.05, 4.69) is 46.7 Å². The molecule has 0 aliphatic heterocycles. The van der Waals surface area contributed by atoms with Gasteiger partial charge >= 0.3 is 0 Å². The number of rotatable bonds is 7. The molecule has 0 spiro atoms. The van der Waals surface area contributed by atoms with Crippen LogP contribution in [0.3, 0.4) is 0 Å². The lowest BCUT2D eigenvalue weighted by Gasteiger charge is -2.22. The molecule has 1 aliphatic rings. The molecule has 1 saturated carbocycles. The first-order valence-corrected chi connectivity index (χ1v) is 11.2. The van der Waals surface area contributed by atoms with Crippen molar-refractivity contribution < 1.29 is 4.79 Å². The van der Waals surface area contributed by atoms with Gasteiger partial charge < -0.3 is 4.90 Å². The van der Waals surface area contributed by atoms with Crippen LogP contribution in [0.4, 0.5) is 0 Å². The first-order chi connectivity index (χ1) is 14.7. The molecule has 1 aliphatic carbocycles. The molecule has 0 saturated heterocycles. The molecule has 30 heavy (non-hydrogen) atoms.